The number of benzene rings is 1. The molecule has 0 saturated carbocycles. The van der Waals surface area contributed by atoms with E-state index >= 15 is 0 Å². The van der Waals surface area contributed by atoms with Crippen LogP contribution in [-0.4, -0.2) is 72.6 Å². The van der Waals surface area contributed by atoms with Crippen LogP contribution in [0.1, 0.15) is 18.7 Å². The van der Waals surface area contributed by atoms with E-state index in [4.69, 9.17) is 15.2 Å². The van der Waals surface area contributed by atoms with E-state index in [1.165, 1.54) is 24.1 Å². The molecular formula is C21H24N6O6. The molecule has 33 heavy (non-hydrogen) atoms. The van der Waals surface area contributed by atoms with E-state index in [0.717, 1.165) is 5.56 Å². The molecule has 5 N–H and O–H groups in total. The highest BCUT2D eigenvalue weighted by molar-refractivity contribution is 5.84. The number of aliphatic hydroxyl groups is 2. The van der Waals surface area contributed by atoms with Crippen LogP contribution in [0.2, 0.25) is 0 Å². The maximum absolute atomic E-state index is 13.1. The molecule has 4 unspecified atom stereocenters. The molecule has 0 aliphatic carbocycles. The highest BCUT2D eigenvalue weighted by Crippen LogP contribution is 2.34. The minimum absolute atomic E-state index is 0.151. The van der Waals surface area contributed by atoms with Crippen LogP contribution in [0.4, 0.5) is 5.82 Å². The van der Waals surface area contributed by atoms with Crippen molar-refractivity contribution in [1.82, 2.24) is 24.8 Å². The molecule has 1 aliphatic heterocycles. The van der Waals surface area contributed by atoms with Gasteiger partial charge >= 0.3 is 5.97 Å². The number of hydrogen-bond donors (Lipinski definition) is 4. The number of aromatic nitrogens is 4. The second kappa shape index (κ2) is 9.48. The number of nitrogens with one attached hydrogen (secondary N) is 1. The molecule has 0 spiro atoms. The predicted octanol–water partition coefficient (Wildman–Crippen LogP) is -0.682. The van der Waals surface area contributed by atoms with Crippen LogP contribution in [0, 0.1) is 0 Å². The standard InChI is InChI=1S/C21H24N6O6/c1-11(29)26-13(7-12-5-3-2-4-6-12)21(31)33-17-16(30)14(8-28)32-20(17)27-10-25-15-18(22)23-9-24-19(15)27/h2-6,9-10,13-14,16-17,20,28,30H,7-8H2,1H3,(H,26,29)(H2,22,23,24)/t13-,14?,16?,17?,20?/m1/s1. The largest absolute Gasteiger partial charge is 0.453 e. The molecule has 12 heteroatoms. The lowest BCUT2D eigenvalue weighted by molar-refractivity contribution is -0.161. The van der Waals surface area contributed by atoms with Gasteiger partial charge in [0.05, 0.1) is 12.9 Å². The number of hydrogen-bond acceptors (Lipinski definition) is 10. The number of amides is 1. The van der Waals surface area contributed by atoms with E-state index in [1.54, 1.807) is 0 Å². The molecule has 1 aromatic carbocycles. The number of nitrogens with zero attached hydrogens (tertiary/aromatic N) is 4. The van der Waals surface area contributed by atoms with E-state index in [1.807, 2.05) is 30.3 Å². The van der Waals surface area contributed by atoms with Crippen LogP contribution >= 0.6 is 0 Å². The monoisotopic (exact) mass is 456 g/mol. The van der Waals surface area contributed by atoms with Gasteiger partial charge in [0.25, 0.3) is 0 Å². The molecule has 4 rings (SSSR count). The molecule has 1 aliphatic rings. The number of rotatable bonds is 7. The molecule has 174 valence electrons. The van der Waals surface area contributed by atoms with Gasteiger partial charge in [-0.25, -0.2) is 19.7 Å². The summed E-state index contributed by atoms with van der Waals surface area (Å²) in [4.78, 5) is 37.0. The zero-order chi connectivity index (χ0) is 23.5. The Labute approximate surface area is 188 Å². The van der Waals surface area contributed by atoms with Crippen molar-refractivity contribution in [3.63, 3.8) is 0 Å². The Morgan fingerprint density at radius 1 is 1.27 bits per heavy atom. The summed E-state index contributed by atoms with van der Waals surface area (Å²) in [5, 5.41) is 22.9. The van der Waals surface area contributed by atoms with Gasteiger partial charge in [-0.05, 0) is 5.56 Å². The van der Waals surface area contributed by atoms with Crippen LogP contribution in [0.15, 0.2) is 43.0 Å². The molecule has 0 radical (unpaired) electrons. The summed E-state index contributed by atoms with van der Waals surface area (Å²) in [6, 6.07) is 8.12. The Bertz CT molecular complexity index is 1140. The lowest BCUT2D eigenvalue weighted by Crippen LogP contribution is -2.46. The lowest BCUT2D eigenvalue weighted by atomic mass is 10.1. The number of aliphatic hydroxyl groups excluding tert-OH is 2. The van der Waals surface area contributed by atoms with E-state index in [-0.39, 0.29) is 12.2 Å². The Balaban J connectivity index is 1.61. The van der Waals surface area contributed by atoms with Crippen molar-refractivity contribution in [2.45, 2.75) is 43.9 Å². The van der Waals surface area contributed by atoms with Crippen LogP contribution in [0.3, 0.4) is 0 Å². The summed E-state index contributed by atoms with van der Waals surface area (Å²) in [6.45, 7) is 0.791. The first kappa shape index (κ1) is 22.6. The van der Waals surface area contributed by atoms with Crippen molar-refractivity contribution >= 4 is 28.9 Å². The number of nitrogens with two attached hydrogens (primary N) is 1. The Morgan fingerprint density at radius 2 is 2.03 bits per heavy atom. The second-order valence-corrected chi connectivity index (χ2v) is 7.67. The molecule has 1 fully saturated rings. The number of ether oxygens (including phenoxy) is 2. The van der Waals surface area contributed by atoms with Crippen molar-refractivity contribution in [1.29, 1.82) is 0 Å². The van der Waals surface area contributed by atoms with Crippen LogP contribution in [-0.2, 0) is 25.5 Å². The topological polar surface area (TPSA) is 175 Å². The first-order valence-corrected chi connectivity index (χ1v) is 10.3. The van der Waals surface area contributed by atoms with Gasteiger partial charge in [-0.2, -0.15) is 0 Å². The smallest absolute Gasteiger partial charge is 0.329 e. The van der Waals surface area contributed by atoms with Gasteiger partial charge < -0.3 is 30.7 Å². The average molecular weight is 456 g/mol. The fraction of sp³-hybridized carbons (Fsp3) is 0.381. The van der Waals surface area contributed by atoms with Gasteiger partial charge in [-0.15, -0.1) is 0 Å². The Hall–Kier alpha value is -3.61. The van der Waals surface area contributed by atoms with Crippen molar-refractivity contribution in [2.75, 3.05) is 12.3 Å². The summed E-state index contributed by atoms with van der Waals surface area (Å²) in [6.07, 6.45) is -1.80. The quantitative estimate of drug-likeness (QED) is 0.333. The normalized spacial score (nSPS) is 23.4. The molecule has 1 saturated heterocycles. The fourth-order valence-electron chi connectivity index (χ4n) is 3.78. The maximum atomic E-state index is 13.1. The van der Waals surface area contributed by atoms with E-state index in [0.29, 0.717) is 11.2 Å². The third-order valence-corrected chi connectivity index (χ3v) is 5.35. The third-order valence-electron chi connectivity index (χ3n) is 5.35. The van der Waals surface area contributed by atoms with Crippen molar-refractivity contribution in [3.05, 3.63) is 48.5 Å². The van der Waals surface area contributed by atoms with Gasteiger partial charge in [0, 0.05) is 13.3 Å². The molecule has 3 heterocycles. The number of anilines is 1. The summed E-state index contributed by atoms with van der Waals surface area (Å²) in [5.74, 6) is -1.02. The third kappa shape index (κ3) is 4.62. The zero-order valence-electron chi connectivity index (χ0n) is 17.7. The predicted molar refractivity (Wildman–Crippen MR) is 114 cm³/mol. The molecule has 1 amide bonds. The maximum Gasteiger partial charge on any atom is 0.329 e. The van der Waals surface area contributed by atoms with Gasteiger partial charge in [-0.1, -0.05) is 30.3 Å². The Kier molecular flexibility index (Phi) is 6.49. The summed E-state index contributed by atoms with van der Waals surface area (Å²) >= 11 is 0. The molecule has 0 bridgehead atoms. The SMILES string of the molecule is CC(=O)N[C@H](Cc1ccccc1)C(=O)OC1C(O)C(CO)OC1n1cnc2c(N)ncnc21. The number of nitrogen functional groups attached to an aromatic ring is 1. The molecule has 3 aromatic rings. The zero-order valence-corrected chi connectivity index (χ0v) is 17.7. The number of esters is 1. The lowest BCUT2D eigenvalue weighted by Gasteiger charge is -2.25. The van der Waals surface area contributed by atoms with Crippen molar-refractivity contribution in [3.8, 4) is 0 Å². The van der Waals surface area contributed by atoms with E-state index in [2.05, 4.69) is 20.3 Å². The van der Waals surface area contributed by atoms with Crippen molar-refractivity contribution in [2.24, 2.45) is 0 Å². The highest BCUT2D eigenvalue weighted by atomic mass is 16.6. The molecule has 5 atom stereocenters. The number of carbonyl (C=O) groups excluding carboxylic acids is 2. The minimum Gasteiger partial charge on any atom is -0.453 e. The minimum atomic E-state index is -1.34. The van der Waals surface area contributed by atoms with Crippen molar-refractivity contribution < 1.29 is 29.3 Å². The van der Waals surface area contributed by atoms with Gasteiger partial charge in [0.15, 0.2) is 23.8 Å². The first-order valence-electron chi connectivity index (χ1n) is 10.3. The van der Waals surface area contributed by atoms with Gasteiger partial charge in [0.2, 0.25) is 5.91 Å². The van der Waals surface area contributed by atoms with E-state index in [9.17, 15) is 19.8 Å². The second-order valence-electron chi connectivity index (χ2n) is 7.67. The Morgan fingerprint density at radius 3 is 2.73 bits per heavy atom. The molecule has 2 aromatic heterocycles. The summed E-state index contributed by atoms with van der Waals surface area (Å²) < 4.78 is 12.9. The molecule has 12 nitrogen and oxygen atoms in total. The first-order chi connectivity index (χ1) is 15.9. The van der Waals surface area contributed by atoms with Crippen LogP contribution < -0.4 is 11.1 Å². The van der Waals surface area contributed by atoms with Crippen LogP contribution in [0.5, 0.6) is 0 Å². The van der Waals surface area contributed by atoms with E-state index < -0.39 is 49.1 Å². The molecular weight excluding hydrogens is 432 g/mol. The van der Waals surface area contributed by atoms with Gasteiger partial charge in [0.1, 0.15) is 30.1 Å². The number of carbonyl (C=O) groups is 2. The number of imidazole rings is 1. The highest BCUT2D eigenvalue weighted by Gasteiger charge is 2.48. The summed E-state index contributed by atoms with van der Waals surface area (Å²) in [7, 11) is 0. The van der Waals surface area contributed by atoms with Crippen LogP contribution in [0.25, 0.3) is 11.2 Å². The summed E-state index contributed by atoms with van der Waals surface area (Å²) in [5.41, 5.74) is 7.28. The average Bonchev–Trinajstić information content (AvgIpc) is 3.36. The van der Waals surface area contributed by atoms with Gasteiger partial charge in [-0.3, -0.25) is 9.36 Å². The number of fused-ring (bicyclic) bond motifs is 1. The fourth-order valence-corrected chi connectivity index (χ4v) is 3.78.